The standard InChI is InChI=1S/C29H42N8O3/c1-28(2,18-34-16-22-21(15-30)23(22)17-34)19-5-7-20(8-6-19)37-10-9-24(33-27(37)40)32-26(39)36-13-11-35(12-14-36)25(38)29(3,4)31/h5-10,21-23H,11-18,30-31H2,1-4H3,(H,32,33,39,40)/t21?,22-,23+. The molecule has 1 unspecified atom stereocenters. The number of carbonyl (C=O) groups excluding carboxylic acids is 2. The van der Waals surface area contributed by atoms with Crippen molar-refractivity contribution in [1.29, 1.82) is 0 Å². The molecule has 11 nitrogen and oxygen atoms in total. The van der Waals surface area contributed by atoms with Crippen LogP contribution in [0, 0.1) is 17.8 Å². The van der Waals surface area contributed by atoms with Crippen molar-refractivity contribution >= 4 is 17.8 Å². The van der Waals surface area contributed by atoms with Gasteiger partial charge in [-0.2, -0.15) is 4.98 Å². The molecule has 1 aliphatic carbocycles. The zero-order chi connectivity index (χ0) is 28.8. The van der Waals surface area contributed by atoms with Crippen LogP contribution in [-0.4, -0.2) is 94.1 Å². The molecule has 3 atom stereocenters. The van der Waals surface area contributed by atoms with Gasteiger partial charge < -0.3 is 26.2 Å². The number of benzene rings is 1. The molecule has 3 amide bonds. The second-order valence-electron chi connectivity index (χ2n) is 12.7. The number of piperazine rings is 1. The van der Waals surface area contributed by atoms with Gasteiger partial charge in [0.05, 0.1) is 11.2 Å². The van der Waals surface area contributed by atoms with E-state index >= 15 is 0 Å². The van der Waals surface area contributed by atoms with Gasteiger partial charge in [-0.15, -0.1) is 0 Å². The van der Waals surface area contributed by atoms with E-state index < -0.39 is 11.2 Å². The number of urea groups is 1. The Hall–Kier alpha value is -3.28. The fourth-order valence-electron chi connectivity index (χ4n) is 6.32. The Balaban J connectivity index is 1.16. The monoisotopic (exact) mass is 550 g/mol. The predicted octanol–water partition coefficient (Wildman–Crippen LogP) is 1.06. The third-order valence-electron chi connectivity index (χ3n) is 8.71. The summed E-state index contributed by atoms with van der Waals surface area (Å²) < 4.78 is 1.46. The molecular formula is C29H42N8O3. The number of nitrogens with two attached hydrogens (primary N) is 2. The van der Waals surface area contributed by atoms with Crippen molar-refractivity contribution in [2.24, 2.45) is 29.2 Å². The van der Waals surface area contributed by atoms with E-state index in [1.165, 1.54) is 10.1 Å². The highest BCUT2D eigenvalue weighted by Crippen LogP contribution is 2.51. The SMILES string of the molecule is CC(C)(N)C(=O)N1CCN(C(=O)Nc2ccn(-c3ccc(C(C)(C)CN4C[C@@H]5C(CN)[C@@H]5C4)cc3)c(=O)n2)CC1. The highest BCUT2D eigenvalue weighted by atomic mass is 16.2. The lowest BCUT2D eigenvalue weighted by atomic mass is 9.84. The molecule has 2 aliphatic heterocycles. The Morgan fingerprint density at radius 3 is 2.12 bits per heavy atom. The summed E-state index contributed by atoms with van der Waals surface area (Å²) in [6.07, 6.45) is 1.62. The maximum Gasteiger partial charge on any atom is 0.354 e. The highest BCUT2D eigenvalue weighted by Gasteiger charge is 2.54. The molecule has 3 heterocycles. The average molecular weight is 551 g/mol. The first kappa shape index (κ1) is 28.3. The number of nitrogens with one attached hydrogen (secondary N) is 1. The van der Waals surface area contributed by atoms with Crippen molar-refractivity contribution in [2.45, 2.75) is 38.6 Å². The van der Waals surface area contributed by atoms with E-state index in [-0.39, 0.29) is 23.2 Å². The van der Waals surface area contributed by atoms with E-state index in [0.717, 1.165) is 43.9 Å². The topological polar surface area (TPSA) is 143 Å². The fourth-order valence-corrected chi connectivity index (χ4v) is 6.32. The smallest absolute Gasteiger partial charge is 0.338 e. The summed E-state index contributed by atoms with van der Waals surface area (Å²) in [4.78, 5) is 47.8. The first-order chi connectivity index (χ1) is 18.9. The van der Waals surface area contributed by atoms with Crippen LogP contribution in [0.2, 0.25) is 0 Å². The molecule has 0 spiro atoms. The zero-order valence-electron chi connectivity index (χ0n) is 24.0. The summed E-state index contributed by atoms with van der Waals surface area (Å²) in [7, 11) is 0. The van der Waals surface area contributed by atoms with E-state index in [2.05, 4.69) is 41.2 Å². The predicted molar refractivity (Wildman–Crippen MR) is 154 cm³/mol. The molecule has 11 heteroatoms. The number of likely N-dealkylation sites (tertiary alicyclic amines) is 1. The van der Waals surface area contributed by atoms with Gasteiger partial charge >= 0.3 is 11.7 Å². The minimum atomic E-state index is -0.947. The summed E-state index contributed by atoms with van der Waals surface area (Å²) in [5.74, 6) is 2.33. The van der Waals surface area contributed by atoms with Crippen molar-refractivity contribution in [1.82, 2.24) is 24.3 Å². The number of fused-ring (bicyclic) bond motifs is 1. The Bertz CT molecular complexity index is 1300. The largest absolute Gasteiger partial charge is 0.354 e. The molecule has 3 aliphatic rings. The Kier molecular flexibility index (Phi) is 7.49. The number of amides is 3. The minimum Gasteiger partial charge on any atom is -0.338 e. The molecule has 216 valence electrons. The van der Waals surface area contributed by atoms with Gasteiger partial charge in [-0.25, -0.2) is 9.59 Å². The number of aromatic nitrogens is 2. The lowest BCUT2D eigenvalue weighted by Crippen LogP contribution is -2.58. The molecule has 0 bridgehead atoms. The molecule has 2 saturated heterocycles. The summed E-state index contributed by atoms with van der Waals surface area (Å²) in [5, 5.41) is 2.70. The maximum atomic E-state index is 12.8. The van der Waals surface area contributed by atoms with Gasteiger partial charge in [-0.1, -0.05) is 26.0 Å². The van der Waals surface area contributed by atoms with Crippen molar-refractivity contribution in [3.05, 3.63) is 52.6 Å². The average Bonchev–Trinajstić information content (AvgIpc) is 3.40. The second-order valence-corrected chi connectivity index (χ2v) is 12.7. The van der Waals surface area contributed by atoms with Crippen LogP contribution in [0.3, 0.4) is 0 Å². The zero-order valence-corrected chi connectivity index (χ0v) is 24.0. The summed E-state index contributed by atoms with van der Waals surface area (Å²) in [5.41, 5.74) is 12.3. The van der Waals surface area contributed by atoms with Crippen LogP contribution in [0.15, 0.2) is 41.3 Å². The van der Waals surface area contributed by atoms with Crippen LogP contribution in [0.5, 0.6) is 0 Å². The van der Waals surface area contributed by atoms with Gasteiger partial charge in [0, 0.05) is 57.4 Å². The van der Waals surface area contributed by atoms with Crippen LogP contribution in [0.4, 0.5) is 10.6 Å². The molecule has 3 fully saturated rings. The van der Waals surface area contributed by atoms with E-state index in [9.17, 15) is 14.4 Å². The third-order valence-corrected chi connectivity index (χ3v) is 8.71. The van der Waals surface area contributed by atoms with Gasteiger partial charge in [-0.05, 0) is 61.9 Å². The van der Waals surface area contributed by atoms with Gasteiger partial charge in [0.1, 0.15) is 5.82 Å². The van der Waals surface area contributed by atoms with Crippen molar-refractivity contribution in [3.63, 3.8) is 0 Å². The molecule has 1 saturated carbocycles. The lowest BCUT2D eigenvalue weighted by Gasteiger charge is -2.37. The Morgan fingerprint density at radius 2 is 1.57 bits per heavy atom. The number of carbonyl (C=O) groups is 2. The second kappa shape index (κ2) is 10.6. The van der Waals surface area contributed by atoms with Gasteiger partial charge in [0.25, 0.3) is 0 Å². The molecule has 0 radical (unpaired) electrons. The van der Waals surface area contributed by atoms with Gasteiger partial charge in [-0.3, -0.25) is 14.7 Å². The maximum absolute atomic E-state index is 12.8. The Morgan fingerprint density at radius 1 is 0.975 bits per heavy atom. The number of anilines is 1. The molecule has 1 aromatic heterocycles. The van der Waals surface area contributed by atoms with E-state index in [0.29, 0.717) is 31.9 Å². The molecule has 40 heavy (non-hydrogen) atoms. The summed E-state index contributed by atoms with van der Waals surface area (Å²) in [6.45, 7) is 13.5. The minimum absolute atomic E-state index is 0.0236. The van der Waals surface area contributed by atoms with Crippen LogP contribution in [0.1, 0.15) is 33.3 Å². The molecule has 5 rings (SSSR count). The highest BCUT2D eigenvalue weighted by molar-refractivity contribution is 5.89. The van der Waals surface area contributed by atoms with Crippen LogP contribution in [0.25, 0.3) is 5.69 Å². The van der Waals surface area contributed by atoms with Crippen molar-refractivity contribution < 1.29 is 9.59 Å². The number of nitrogens with zero attached hydrogens (tertiary/aromatic N) is 5. The lowest BCUT2D eigenvalue weighted by molar-refractivity contribution is -0.137. The first-order valence-electron chi connectivity index (χ1n) is 14.1. The third kappa shape index (κ3) is 5.77. The Labute approximate surface area is 235 Å². The van der Waals surface area contributed by atoms with E-state index in [1.54, 1.807) is 35.9 Å². The number of piperidine rings is 1. The van der Waals surface area contributed by atoms with Gasteiger partial charge in [0.2, 0.25) is 5.91 Å². The number of hydrogen-bond donors (Lipinski definition) is 3. The number of rotatable bonds is 7. The number of hydrogen-bond acceptors (Lipinski definition) is 7. The van der Waals surface area contributed by atoms with Crippen molar-refractivity contribution in [3.8, 4) is 5.69 Å². The van der Waals surface area contributed by atoms with Crippen molar-refractivity contribution in [2.75, 3.05) is 57.7 Å². The summed E-state index contributed by atoms with van der Waals surface area (Å²) in [6, 6.07) is 9.28. The molecule has 5 N–H and O–H groups in total. The quantitative estimate of drug-likeness (QED) is 0.468. The first-order valence-corrected chi connectivity index (χ1v) is 14.1. The van der Waals surface area contributed by atoms with Gasteiger partial charge in [0.15, 0.2) is 0 Å². The normalized spacial score (nSPS) is 23.2. The van der Waals surface area contributed by atoms with Crippen LogP contribution >= 0.6 is 0 Å². The molecular weight excluding hydrogens is 508 g/mol. The van der Waals surface area contributed by atoms with Crippen LogP contribution in [-0.2, 0) is 10.2 Å². The van der Waals surface area contributed by atoms with Crippen LogP contribution < -0.4 is 22.5 Å². The summed E-state index contributed by atoms with van der Waals surface area (Å²) >= 11 is 0. The molecule has 2 aromatic rings. The molecule has 1 aromatic carbocycles. The van der Waals surface area contributed by atoms with E-state index in [4.69, 9.17) is 11.5 Å². The van der Waals surface area contributed by atoms with E-state index in [1.807, 2.05) is 12.1 Å². The fraction of sp³-hybridized carbons (Fsp3) is 0.586.